The fourth-order valence-corrected chi connectivity index (χ4v) is 5.03. The highest BCUT2D eigenvalue weighted by Gasteiger charge is 2.39. The Kier molecular flexibility index (Phi) is 12.3. The first-order valence-corrected chi connectivity index (χ1v) is 12.4. The summed E-state index contributed by atoms with van der Waals surface area (Å²) in [6.45, 7) is 3.40. The average Bonchev–Trinajstić information content (AvgIpc) is 3.01. The number of halogens is 1. The molecule has 1 aromatic rings. The summed E-state index contributed by atoms with van der Waals surface area (Å²) in [5.74, 6) is -0.620. The van der Waals surface area contributed by atoms with Gasteiger partial charge in [-0.15, -0.1) is 11.6 Å². The quantitative estimate of drug-likeness (QED) is 0.197. The number of alkyl halides is 1. The van der Waals surface area contributed by atoms with E-state index in [1.807, 2.05) is 25.1 Å². The van der Waals surface area contributed by atoms with Crippen molar-refractivity contribution in [2.75, 3.05) is 13.2 Å². The van der Waals surface area contributed by atoms with Crippen LogP contribution in [0.5, 0.6) is 0 Å². The van der Waals surface area contributed by atoms with E-state index in [2.05, 4.69) is 12.1 Å². The molecule has 3 N–H and O–H groups in total. The average molecular weight is 467 g/mol. The third-order valence-corrected chi connectivity index (χ3v) is 6.78. The molecule has 0 amide bonds. The summed E-state index contributed by atoms with van der Waals surface area (Å²) >= 11 is 6.52. The minimum atomic E-state index is -0.745. The van der Waals surface area contributed by atoms with Crippen LogP contribution in [-0.4, -0.2) is 52.1 Å². The molecule has 0 aliphatic heterocycles. The summed E-state index contributed by atoms with van der Waals surface area (Å²) in [6, 6.07) is 8.22. The molecule has 0 unspecified atom stereocenters. The Morgan fingerprint density at radius 2 is 2.00 bits per heavy atom. The molecule has 0 heterocycles. The van der Waals surface area contributed by atoms with E-state index >= 15 is 0 Å². The van der Waals surface area contributed by atoms with Crippen LogP contribution in [0.2, 0.25) is 0 Å². The van der Waals surface area contributed by atoms with Gasteiger partial charge in [-0.25, -0.2) is 0 Å². The van der Waals surface area contributed by atoms with Gasteiger partial charge in [0.05, 0.1) is 18.8 Å². The number of aliphatic hydroxyl groups is 2. The number of aliphatic hydroxyl groups excluding tert-OH is 2. The van der Waals surface area contributed by atoms with Crippen molar-refractivity contribution in [1.82, 2.24) is 0 Å². The monoisotopic (exact) mass is 466 g/mol. The molecule has 1 aliphatic carbocycles. The zero-order valence-electron chi connectivity index (χ0n) is 19.2. The number of benzene rings is 1. The van der Waals surface area contributed by atoms with Crippen molar-refractivity contribution in [3.63, 3.8) is 0 Å². The molecule has 1 fully saturated rings. The van der Waals surface area contributed by atoms with Gasteiger partial charge >= 0.3 is 5.97 Å². The van der Waals surface area contributed by atoms with Crippen LogP contribution in [-0.2, 0) is 22.4 Å². The minimum absolute atomic E-state index is 0.0521. The number of hydrogen-bond donors (Lipinski definition) is 3. The maximum absolute atomic E-state index is 10.6. The minimum Gasteiger partial charge on any atom is -0.481 e. The Bertz CT molecular complexity index is 707. The largest absolute Gasteiger partial charge is 0.481 e. The summed E-state index contributed by atoms with van der Waals surface area (Å²) in [4.78, 5) is 10.6. The van der Waals surface area contributed by atoms with E-state index < -0.39 is 18.2 Å². The van der Waals surface area contributed by atoms with Gasteiger partial charge in [-0.3, -0.25) is 4.79 Å². The van der Waals surface area contributed by atoms with Crippen molar-refractivity contribution in [3.05, 3.63) is 47.5 Å². The maximum Gasteiger partial charge on any atom is 0.303 e. The summed E-state index contributed by atoms with van der Waals surface area (Å²) in [6.07, 6.45) is 9.28. The number of carboxylic acid groups (broad SMARTS) is 1. The lowest BCUT2D eigenvalue weighted by Crippen LogP contribution is -2.19. The Balaban J connectivity index is 1.83. The van der Waals surface area contributed by atoms with Crippen LogP contribution in [0.3, 0.4) is 0 Å². The van der Waals surface area contributed by atoms with Crippen LogP contribution in [0.1, 0.15) is 63.0 Å². The molecule has 0 saturated heterocycles. The normalized spacial score (nSPS) is 24.2. The van der Waals surface area contributed by atoms with Gasteiger partial charge in [0.15, 0.2) is 0 Å². The van der Waals surface area contributed by atoms with Gasteiger partial charge in [0.1, 0.15) is 0 Å². The number of ether oxygens (including phenoxy) is 1. The Labute approximate surface area is 197 Å². The molecule has 0 aromatic heterocycles. The lowest BCUT2D eigenvalue weighted by Gasteiger charge is -2.21. The lowest BCUT2D eigenvalue weighted by atomic mass is 9.88. The van der Waals surface area contributed by atoms with Gasteiger partial charge in [-0.05, 0) is 49.7 Å². The molecular formula is C26H39ClO5. The molecule has 2 rings (SSSR count). The molecule has 0 radical (unpaired) electrons. The molecule has 1 saturated carbocycles. The first kappa shape index (κ1) is 26.8. The zero-order valence-corrected chi connectivity index (χ0v) is 19.9. The SMILES string of the molecule is CCOCCc1cccc(C[C@H](O)C=C[C@@H]2[C@@H](CCCCCCC(=O)O)[C@H](Cl)C[C@H]2O)c1. The molecule has 1 aliphatic rings. The molecule has 0 bridgehead atoms. The smallest absolute Gasteiger partial charge is 0.303 e. The second kappa shape index (κ2) is 14.7. The van der Waals surface area contributed by atoms with E-state index in [0.29, 0.717) is 32.5 Å². The molecule has 180 valence electrons. The Hall–Kier alpha value is -1.40. The highest BCUT2D eigenvalue weighted by Crippen LogP contribution is 2.40. The third-order valence-electron chi connectivity index (χ3n) is 6.28. The number of hydrogen-bond acceptors (Lipinski definition) is 4. The predicted molar refractivity (Wildman–Crippen MR) is 128 cm³/mol. The fourth-order valence-electron chi connectivity index (χ4n) is 4.56. The van der Waals surface area contributed by atoms with Gasteiger partial charge < -0.3 is 20.1 Å². The maximum atomic E-state index is 10.6. The van der Waals surface area contributed by atoms with Gasteiger partial charge in [0.25, 0.3) is 0 Å². The van der Waals surface area contributed by atoms with Crippen LogP contribution >= 0.6 is 11.6 Å². The van der Waals surface area contributed by atoms with E-state index in [1.165, 1.54) is 5.56 Å². The highest BCUT2D eigenvalue weighted by molar-refractivity contribution is 6.21. The van der Waals surface area contributed by atoms with Crippen molar-refractivity contribution >= 4 is 17.6 Å². The first-order chi connectivity index (χ1) is 15.4. The topological polar surface area (TPSA) is 87.0 Å². The Morgan fingerprint density at radius 1 is 1.25 bits per heavy atom. The van der Waals surface area contributed by atoms with E-state index in [0.717, 1.165) is 37.7 Å². The standard InChI is InChI=1S/C26H39ClO5/c1-2-32-15-14-19-8-7-9-20(16-19)17-21(28)12-13-23-22(24(27)18-25(23)29)10-5-3-4-6-11-26(30)31/h7-9,12-13,16,21-25,28-29H,2-6,10-11,14-15,17-18H2,1H3,(H,30,31)/t21-,22-,23-,24-,25-/m1/s1. The van der Waals surface area contributed by atoms with E-state index in [4.69, 9.17) is 21.4 Å². The highest BCUT2D eigenvalue weighted by atomic mass is 35.5. The van der Waals surface area contributed by atoms with Gasteiger partial charge in [0.2, 0.25) is 0 Å². The van der Waals surface area contributed by atoms with Crippen LogP contribution in [0.15, 0.2) is 36.4 Å². The van der Waals surface area contributed by atoms with Crippen LogP contribution in [0, 0.1) is 11.8 Å². The second-order valence-corrected chi connectivity index (χ2v) is 9.39. The van der Waals surface area contributed by atoms with Crippen LogP contribution < -0.4 is 0 Å². The molecular weight excluding hydrogens is 428 g/mol. The number of rotatable bonds is 15. The molecule has 5 nitrogen and oxygen atoms in total. The molecule has 5 atom stereocenters. The third kappa shape index (κ3) is 9.62. The number of unbranched alkanes of at least 4 members (excludes halogenated alkanes) is 3. The molecule has 1 aromatic carbocycles. The van der Waals surface area contributed by atoms with Crippen LogP contribution in [0.4, 0.5) is 0 Å². The molecule has 6 heteroatoms. The van der Waals surface area contributed by atoms with Crippen molar-refractivity contribution in [3.8, 4) is 0 Å². The van der Waals surface area contributed by atoms with Crippen molar-refractivity contribution in [2.45, 2.75) is 82.3 Å². The van der Waals surface area contributed by atoms with E-state index in [9.17, 15) is 15.0 Å². The number of carbonyl (C=O) groups is 1. The predicted octanol–water partition coefficient (Wildman–Crippen LogP) is 4.75. The van der Waals surface area contributed by atoms with Gasteiger partial charge in [0, 0.05) is 30.7 Å². The van der Waals surface area contributed by atoms with Crippen molar-refractivity contribution in [2.24, 2.45) is 11.8 Å². The summed E-state index contributed by atoms with van der Waals surface area (Å²) in [5.41, 5.74) is 2.28. The fraction of sp³-hybridized carbons (Fsp3) is 0.654. The van der Waals surface area contributed by atoms with E-state index in [-0.39, 0.29) is 23.6 Å². The van der Waals surface area contributed by atoms with Gasteiger partial charge in [-0.2, -0.15) is 0 Å². The van der Waals surface area contributed by atoms with E-state index in [1.54, 1.807) is 6.08 Å². The summed E-state index contributed by atoms with van der Waals surface area (Å²) < 4.78 is 5.42. The number of aliphatic carboxylic acids is 1. The molecule has 0 spiro atoms. The van der Waals surface area contributed by atoms with Crippen molar-refractivity contribution < 1.29 is 24.9 Å². The van der Waals surface area contributed by atoms with Crippen molar-refractivity contribution in [1.29, 1.82) is 0 Å². The second-order valence-electron chi connectivity index (χ2n) is 8.83. The molecule has 32 heavy (non-hydrogen) atoms. The number of carboxylic acids is 1. The first-order valence-electron chi connectivity index (χ1n) is 12.0. The summed E-state index contributed by atoms with van der Waals surface area (Å²) in [5, 5.41) is 29.7. The zero-order chi connectivity index (χ0) is 23.3. The lowest BCUT2D eigenvalue weighted by molar-refractivity contribution is -0.137. The van der Waals surface area contributed by atoms with Crippen LogP contribution in [0.25, 0.3) is 0 Å². The summed E-state index contributed by atoms with van der Waals surface area (Å²) in [7, 11) is 0. The Morgan fingerprint density at radius 3 is 2.75 bits per heavy atom. The van der Waals surface area contributed by atoms with Gasteiger partial charge in [-0.1, -0.05) is 55.7 Å².